The van der Waals surface area contributed by atoms with Crippen molar-refractivity contribution < 1.29 is 48.0 Å². The summed E-state index contributed by atoms with van der Waals surface area (Å²) in [4.78, 5) is 69.6. The maximum atomic E-state index is 12.2. The number of methoxy groups -OCH3 is 3. The average Bonchev–Trinajstić information content (AvgIpc) is 3.37. The summed E-state index contributed by atoms with van der Waals surface area (Å²) < 4.78 is 20.5. The minimum absolute atomic E-state index is 0.0268. The number of non-ortho nitro benzene ring substituents is 2. The summed E-state index contributed by atoms with van der Waals surface area (Å²) >= 11 is 20.9. The number of rotatable bonds is 17. The van der Waals surface area contributed by atoms with Crippen molar-refractivity contribution in [3.05, 3.63) is 74.8 Å². The zero-order valence-corrected chi connectivity index (χ0v) is 48.1. The molecular formula is C47H71Br2Cl3N10O12. The van der Waals surface area contributed by atoms with Gasteiger partial charge in [-0.15, -0.1) is 23.2 Å². The van der Waals surface area contributed by atoms with Gasteiger partial charge in [0, 0.05) is 106 Å². The number of hydrogen-bond donors (Lipinski definition) is 6. The second-order valence-electron chi connectivity index (χ2n) is 16.3. The molecule has 0 saturated carbocycles. The fourth-order valence-corrected chi connectivity index (χ4v) is 6.62. The van der Waals surface area contributed by atoms with E-state index in [4.69, 9.17) is 65.2 Å². The Morgan fingerprint density at radius 3 is 1.54 bits per heavy atom. The van der Waals surface area contributed by atoms with E-state index in [9.17, 15) is 39.4 Å². The lowest BCUT2D eigenvalue weighted by Crippen LogP contribution is -2.50. The lowest BCUT2D eigenvalue weighted by Gasteiger charge is -2.35. The van der Waals surface area contributed by atoms with Gasteiger partial charge >= 0.3 is 6.09 Å². The van der Waals surface area contributed by atoms with E-state index in [2.05, 4.69) is 58.0 Å². The number of anilines is 4. The number of piperazine rings is 2. The van der Waals surface area contributed by atoms with Crippen LogP contribution in [0.1, 0.15) is 59.3 Å². The Morgan fingerprint density at radius 2 is 1.12 bits per heavy atom. The van der Waals surface area contributed by atoms with Crippen LogP contribution in [0.15, 0.2) is 54.6 Å². The molecule has 3 aromatic rings. The average molecular weight is 1230 g/mol. The van der Waals surface area contributed by atoms with E-state index in [0.29, 0.717) is 66.6 Å². The van der Waals surface area contributed by atoms with Gasteiger partial charge in [0.15, 0.2) is 0 Å². The van der Waals surface area contributed by atoms with Crippen molar-refractivity contribution in [2.24, 2.45) is 0 Å². The number of amides is 3. The summed E-state index contributed by atoms with van der Waals surface area (Å²) in [5.74, 6) is 0.935. The SMILES string of the molecule is C1CNCCN1.COc1cc(N)ccc1NC(=O)CCCN1CCN(C(=O)OC(C)(C)C)CC1.COc1cc([N+](=O)[O-])ccc1N.COc1cc([N+](=O)[O-])ccc1NC(=O)CCCBr.ClCCl.O=C(Cl)CCCBr. The van der Waals surface area contributed by atoms with Gasteiger partial charge in [-0.2, -0.15) is 0 Å². The molecule has 2 saturated heterocycles. The molecule has 2 fully saturated rings. The number of hydrogen-bond acceptors (Lipinski definition) is 17. The summed E-state index contributed by atoms with van der Waals surface area (Å²) in [6.45, 7) is 13.8. The van der Waals surface area contributed by atoms with Gasteiger partial charge in [-0.1, -0.05) is 31.9 Å². The normalized spacial score (nSPS) is 12.7. The number of nitro groups is 2. The number of benzene rings is 3. The largest absolute Gasteiger partial charge is 0.494 e. The molecule has 27 heteroatoms. The van der Waals surface area contributed by atoms with Gasteiger partial charge in [0.25, 0.3) is 11.4 Å². The first-order chi connectivity index (χ1) is 35.1. The number of nitrogens with two attached hydrogens (primary N) is 2. The fraction of sp³-hybridized carbons (Fsp3) is 0.532. The maximum absolute atomic E-state index is 12.2. The highest BCUT2D eigenvalue weighted by Gasteiger charge is 2.26. The second kappa shape index (κ2) is 40.4. The van der Waals surface area contributed by atoms with Gasteiger partial charge in [-0.3, -0.25) is 39.5 Å². The van der Waals surface area contributed by atoms with Crippen molar-refractivity contribution in [1.82, 2.24) is 20.4 Å². The topological polar surface area (TPSA) is 298 Å². The van der Waals surface area contributed by atoms with Crippen molar-refractivity contribution in [3.63, 3.8) is 0 Å². The molecular weight excluding hydrogens is 1160 g/mol. The van der Waals surface area contributed by atoms with E-state index < -0.39 is 15.4 Å². The third kappa shape index (κ3) is 32.4. The third-order valence-electron chi connectivity index (χ3n) is 9.50. The minimum Gasteiger partial charge on any atom is -0.494 e. The standard InChI is InChI=1S/C20H32N4O4.C11H13BrN2O4.C7H8N2O3.C4H6BrClO.C4H10N2.CH2Cl2/c1-20(2,3)28-19(26)24-12-10-23(11-13-24)9-5-6-18(25)22-16-8-7-15(21)14-17(16)27-4;1-18-10-7-8(14(16)17)4-5-9(10)13-11(15)3-2-6-12;1-12-7-4-5(9(10)11)2-3-6(7)8;5-3-1-2-4(6)7;1-2-6-4-3-5-1;2-1-3/h7-8,14H,5-6,9-13,21H2,1-4H3,(H,22,25);4-5,7H,2-3,6H2,1H3,(H,13,15);2-4H,8H2,1H3;1-3H2;5-6H,1-4H2;1H2. The predicted molar refractivity (Wildman–Crippen MR) is 301 cm³/mol. The van der Waals surface area contributed by atoms with Crippen molar-refractivity contribution in [2.45, 2.75) is 64.9 Å². The molecule has 0 aliphatic carbocycles. The minimum atomic E-state index is -0.515. The summed E-state index contributed by atoms with van der Waals surface area (Å²) in [5, 5.41) is 34.4. The molecule has 0 radical (unpaired) electrons. The zero-order chi connectivity index (χ0) is 56.1. The van der Waals surface area contributed by atoms with Crippen molar-refractivity contribution >= 4 is 124 Å². The number of nitro benzene ring substituents is 2. The molecule has 74 heavy (non-hydrogen) atoms. The zero-order valence-electron chi connectivity index (χ0n) is 42.7. The summed E-state index contributed by atoms with van der Waals surface area (Å²) in [7, 11) is 4.35. The highest BCUT2D eigenvalue weighted by Crippen LogP contribution is 2.30. The van der Waals surface area contributed by atoms with Crippen LogP contribution in [0.3, 0.4) is 0 Å². The summed E-state index contributed by atoms with van der Waals surface area (Å²) in [6, 6.07) is 13.3. The Hall–Kier alpha value is -4.95. The Labute approximate surface area is 465 Å². The monoisotopic (exact) mass is 1230 g/mol. The van der Waals surface area contributed by atoms with Crippen molar-refractivity contribution in [3.8, 4) is 17.2 Å². The molecule has 0 atom stereocenters. The first-order valence-electron chi connectivity index (χ1n) is 23.1. The number of carbonyl (C=O) groups is 4. The number of nitrogens with one attached hydrogen (secondary N) is 4. The quantitative estimate of drug-likeness (QED) is 0.0241. The number of nitrogens with zero attached hydrogens (tertiary/aromatic N) is 4. The van der Waals surface area contributed by atoms with Gasteiger partial charge in [-0.25, -0.2) is 4.79 Å². The van der Waals surface area contributed by atoms with Crippen molar-refractivity contribution in [1.29, 1.82) is 0 Å². The molecule has 3 aromatic carbocycles. The predicted octanol–water partition coefficient (Wildman–Crippen LogP) is 8.98. The van der Waals surface area contributed by atoms with E-state index in [1.165, 1.54) is 50.6 Å². The van der Waals surface area contributed by atoms with Crippen LogP contribution in [0.2, 0.25) is 0 Å². The first kappa shape index (κ1) is 69.0. The van der Waals surface area contributed by atoms with Gasteiger partial charge < -0.3 is 56.6 Å². The van der Waals surface area contributed by atoms with Gasteiger partial charge in [0.1, 0.15) is 22.8 Å². The second-order valence-corrected chi connectivity index (χ2v) is 19.2. The van der Waals surface area contributed by atoms with E-state index >= 15 is 0 Å². The van der Waals surface area contributed by atoms with Crippen LogP contribution in [-0.2, 0) is 19.1 Å². The molecule has 0 aromatic heterocycles. The fourth-order valence-electron chi connectivity index (χ4n) is 5.93. The van der Waals surface area contributed by atoms with Gasteiger partial charge in [-0.05, 0) is 82.4 Å². The Morgan fingerprint density at radius 1 is 0.689 bits per heavy atom. The number of ether oxygens (including phenoxy) is 4. The lowest BCUT2D eigenvalue weighted by atomic mass is 10.2. The van der Waals surface area contributed by atoms with Crippen LogP contribution in [0.4, 0.5) is 38.9 Å². The molecule has 0 spiro atoms. The first-order valence-corrected chi connectivity index (χ1v) is 26.8. The van der Waals surface area contributed by atoms with Crippen LogP contribution in [0.25, 0.3) is 0 Å². The van der Waals surface area contributed by atoms with Crippen LogP contribution in [0, 0.1) is 20.2 Å². The molecule has 3 amide bonds. The molecule has 2 aliphatic rings. The van der Waals surface area contributed by atoms with E-state index in [1.807, 2.05) is 20.8 Å². The maximum Gasteiger partial charge on any atom is 0.410 e. The highest BCUT2D eigenvalue weighted by molar-refractivity contribution is 9.09. The molecule has 0 unspecified atom stereocenters. The number of carbonyl (C=O) groups excluding carboxylic acids is 4. The molecule has 416 valence electrons. The lowest BCUT2D eigenvalue weighted by molar-refractivity contribution is -0.385. The molecule has 5 rings (SSSR count). The van der Waals surface area contributed by atoms with Crippen molar-refractivity contribution in [2.75, 3.05) is 118 Å². The summed E-state index contributed by atoms with van der Waals surface area (Å²) in [6.07, 6.45) is 3.32. The highest BCUT2D eigenvalue weighted by atomic mass is 79.9. The number of halogens is 5. The van der Waals surface area contributed by atoms with E-state index in [1.54, 1.807) is 30.2 Å². The van der Waals surface area contributed by atoms with E-state index in [0.717, 1.165) is 75.7 Å². The Balaban J connectivity index is 0.000000986. The van der Waals surface area contributed by atoms with Crippen LogP contribution in [0.5, 0.6) is 17.2 Å². The van der Waals surface area contributed by atoms with Gasteiger partial charge in [0.05, 0.1) is 65.7 Å². The van der Waals surface area contributed by atoms with Crippen LogP contribution in [-0.4, -0.2) is 145 Å². The molecule has 8 N–H and O–H groups in total. The van der Waals surface area contributed by atoms with Gasteiger partial charge in [0.2, 0.25) is 17.1 Å². The molecule has 2 aliphatic heterocycles. The van der Waals surface area contributed by atoms with E-state index in [-0.39, 0.29) is 45.6 Å². The molecule has 22 nitrogen and oxygen atoms in total. The van der Waals surface area contributed by atoms with Crippen LogP contribution < -0.4 is 46.9 Å². The Bertz CT molecular complexity index is 2140. The smallest absolute Gasteiger partial charge is 0.410 e. The Kier molecular flexibility index (Phi) is 37.7. The summed E-state index contributed by atoms with van der Waals surface area (Å²) in [5.41, 5.74) is 12.6. The molecule has 2 heterocycles. The number of alkyl halides is 4. The van der Waals surface area contributed by atoms with Crippen LogP contribution >= 0.6 is 66.7 Å². The number of nitrogen functional groups attached to an aromatic ring is 2. The third-order valence-corrected chi connectivity index (χ3v) is 10.8. The molecule has 0 bridgehead atoms.